The summed E-state index contributed by atoms with van der Waals surface area (Å²) in [6.07, 6.45) is 0.0677. The maximum atomic E-state index is 12.2. The zero-order valence-corrected chi connectivity index (χ0v) is 13.1. The summed E-state index contributed by atoms with van der Waals surface area (Å²) in [5.41, 5.74) is 0.610. The van der Waals surface area contributed by atoms with Crippen LogP contribution in [0.1, 0.15) is 34.1 Å². The maximum absolute atomic E-state index is 12.2. The zero-order valence-electron chi connectivity index (χ0n) is 13.1. The second kappa shape index (κ2) is 7.04. The second-order valence-corrected chi connectivity index (χ2v) is 5.11. The van der Waals surface area contributed by atoms with Crippen LogP contribution in [0.4, 0.5) is 0 Å². The number of fused-ring (bicyclic) bond motifs is 1. The van der Waals surface area contributed by atoms with E-state index in [0.29, 0.717) is 11.1 Å². The third-order valence-electron chi connectivity index (χ3n) is 3.55. The molecule has 1 aromatic carbocycles. The molecular weight excluding hydrogens is 300 g/mol. The van der Waals surface area contributed by atoms with E-state index in [1.54, 1.807) is 31.2 Å². The first-order valence-corrected chi connectivity index (χ1v) is 7.30. The highest BCUT2D eigenvalue weighted by atomic mass is 16.5. The molecule has 3 amide bonds. The highest BCUT2D eigenvalue weighted by molar-refractivity contribution is 6.22. The van der Waals surface area contributed by atoms with Crippen LogP contribution in [0.15, 0.2) is 24.3 Å². The fourth-order valence-electron chi connectivity index (χ4n) is 2.26. The second-order valence-electron chi connectivity index (χ2n) is 5.11. The fourth-order valence-corrected chi connectivity index (χ4v) is 2.26. The van der Waals surface area contributed by atoms with Crippen LogP contribution in [0.3, 0.4) is 0 Å². The van der Waals surface area contributed by atoms with Gasteiger partial charge in [0, 0.05) is 13.6 Å². The molecule has 0 atom stereocenters. The lowest BCUT2D eigenvalue weighted by Gasteiger charge is -2.20. The molecule has 0 bridgehead atoms. The molecule has 0 unspecified atom stereocenters. The van der Waals surface area contributed by atoms with Crippen molar-refractivity contribution in [2.45, 2.75) is 13.3 Å². The number of hydrogen-bond donors (Lipinski definition) is 0. The van der Waals surface area contributed by atoms with Crippen LogP contribution >= 0.6 is 0 Å². The number of nitrogens with zero attached hydrogens (tertiary/aromatic N) is 2. The summed E-state index contributed by atoms with van der Waals surface area (Å²) in [7, 11) is 1.51. The van der Waals surface area contributed by atoms with Crippen molar-refractivity contribution >= 4 is 23.7 Å². The van der Waals surface area contributed by atoms with Gasteiger partial charge < -0.3 is 9.64 Å². The Morgan fingerprint density at radius 3 is 2.22 bits per heavy atom. The molecule has 0 aliphatic carbocycles. The molecule has 1 aliphatic heterocycles. The van der Waals surface area contributed by atoms with Gasteiger partial charge in [0.15, 0.2) is 0 Å². The van der Waals surface area contributed by atoms with Gasteiger partial charge in [-0.3, -0.25) is 24.1 Å². The topological polar surface area (TPSA) is 84.0 Å². The molecule has 1 heterocycles. The van der Waals surface area contributed by atoms with E-state index in [0.717, 1.165) is 4.90 Å². The number of esters is 1. The van der Waals surface area contributed by atoms with Crippen molar-refractivity contribution in [1.82, 2.24) is 9.80 Å². The third kappa shape index (κ3) is 3.56. The van der Waals surface area contributed by atoms with E-state index in [4.69, 9.17) is 4.74 Å². The molecule has 0 N–H and O–H groups in total. The Labute approximate surface area is 133 Å². The van der Waals surface area contributed by atoms with Crippen LogP contribution in [0.25, 0.3) is 0 Å². The Hall–Kier alpha value is -2.70. The minimum absolute atomic E-state index is 0.0677. The van der Waals surface area contributed by atoms with E-state index in [2.05, 4.69) is 0 Å². The molecule has 122 valence electrons. The van der Waals surface area contributed by atoms with Crippen LogP contribution in [-0.4, -0.2) is 60.2 Å². The van der Waals surface area contributed by atoms with Crippen molar-refractivity contribution in [2.75, 3.05) is 26.7 Å². The molecule has 0 fully saturated rings. The number of rotatable bonds is 6. The summed E-state index contributed by atoms with van der Waals surface area (Å²) >= 11 is 0. The van der Waals surface area contributed by atoms with Crippen molar-refractivity contribution in [1.29, 1.82) is 0 Å². The minimum atomic E-state index is -0.474. The largest absolute Gasteiger partial charge is 0.466 e. The summed E-state index contributed by atoms with van der Waals surface area (Å²) in [5.74, 6) is -1.76. The predicted molar refractivity (Wildman–Crippen MR) is 80.7 cm³/mol. The summed E-state index contributed by atoms with van der Waals surface area (Å²) < 4.78 is 4.79. The van der Waals surface area contributed by atoms with E-state index in [1.165, 1.54) is 11.9 Å². The van der Waals surface area contributed by atoms with Gasteiger partial charge in [-0.05, 0) is 19.1 Å². The van der Waals surface area contributed by atoms with Crippen molar-refractivity contribution < 1.29 is 23.9 Å². The fraction of sp³-hybridized carbons (Fsp3) is 0.375. The average Bonchev–Trinajstić information content (AvgIpc) is 2.78. The Kier molecular flexibility index (Phi) is 5.10. The molecule has 0 aromatic heterocycles. The van der Waals surface area contributed by atoms with Gasteiger partial charge in [-0.15, -0.1) is 0 Å². The molecule has 7 nitrogen and oxygen atoms in total. The Morgan fingerprint density at radius 1 is 1.13 bits per heavy atom. The zero-order chi connectivity index (χ0) is 17.0. The lowest BCUT2D eigenvalue weighted by molar-refractivity contribution is -0.143. The van der Waals surface area contributed by atoms with Crippen molar-refractivity contribution in [3.8, 4) is 0 Å². The minimum Gasteiger partial charge on any atom is -0.466 e. The number of carbonyl (C=O) groups excluding carboxylic acids is 4. The van der Waals surface area contributed by atoms with Gasteiger partial charge in [-0.1, -0.05) is 12.1 Å². The van der Waals surface area contributed by atoms with Crippen LogP contribution in [0, 0.1) is 0 Å². The summed E-state index contributed by atoms with van der Waals surface area (Å²) in [6.45, 7) is 1.81. The lowest BCUT2D eigenvalue weighted by atomic mass is 10.1. The first-order chi connectivity index (χ1) is 11.0. The summed E-state index contributed by atoms with van der Waals surface area (Å²) in [5, 5.41) is 0. The molecule has 0 radical (unpaired) electrons. The van der Waals surface area contributed by atoms with Crippen molar-refractivity contribution in [3.63, 3.8) is 0 Å². The smallest absolute Gasteiger partial charge is 0.307 e. The number of ether oxygens (including phenoxy) is 1. The van der Waals surface area contributed by atoms with Gasteiger partial charge in [0.05, 0.1) is 24.2 Å². The van der Waals surface area contributed by atoms with E-state index in [-0.39, 0.29) is 26.1 Å². The quantitative estimate of drug-likeness (QED) is 0.569. The van der Waals surface area contributed by atoms with Gasteiger partial charge in [0.25, 0.3) is 11.8 Å². The molecule has 0 saturated heterocycles. The van der Waals surface area contributed by atoms with Gasteiger partial charge in [0.1, 0.15) is 6.54 Å². The molecule has 1 aromatic rings. The molecule has 0 saturated carbocycles. The molecule has 23 heavy (non-hydrogen) atoms. The van der Waals surface area contributed by atoms with Crippen molar-refractivity contribution in [2.24, 2.45) is 0 Å². The van der Waals surface area contributed by atoms with E-state index in [9.17, 15) is 19.2 Å². The normalized spacial score (nSPS) is 13.0. The Bertz CT molecular complexity index is 621. The van der Waals surface area contributed by atoms with Gasteiger partial charge in [-0.2, -0.15) is 0 Å². The summed E-state index contributed by atoms with van der Waals surface area (Å²) in [4.78, 5) is 50.0. The van der Waals surface area contributed by atoms with E-state index < -0.39 is 23.7 Å². The Morgan fingerprint density at radius 2 is 1.70 bits per heavy atom. The molecular formula is C16H18N2O5. The van der Waals surface area contributed by atoms with Gasteiger partial charge >= 0.3 is 5.97 Å². The third-order valence-corrected chi connectivity index (χ3v) is 3.55. The first kappa shape index (κ1) is 16.7. The number of likely N-dealkylation sites (N-methyl/N-ethyl adjacent to an activating group) is 1. The summed E-state index contributed by atoms with van der Waals surface area (Å²) in [6, 6.07) is 6.45. The Balaban J connectivity index is 1.95. The lowest BCUT2D eigenvalue weighted by Crippen LogP contribution is -2.41. The first-order valence-electron chi connectivity index (χ1n) is 7.30. The number of carbonyl (C=O) groups is 4. The van der Waals surface area contributed by atoms with Crippen LogP contribution in [0.2, 0.25) is 0 Å². The highest BCUT2D eigenvalue weighted by Crippen LogP contribution is 2.22. The number of hydrogen-bond acceptors (Lipinski definition) is 5. The van der Waals surface area contributed by atoms with Crippen molar-refractivity contribution in [3.05, 3.63) is 35.4 Å². The van der Waals surface area contributed by atoms with E-state index in [1.807, 2.05) is 0 Å². The highest BCUT2D eigenvalue weighted by Gasteiger charge is 2.36. The van der Waals surface area contributed by atoms with Crippen LogP contribution in [-0.2, 0) is 14.3 Å². The molecule has 0 spiro atoms. The van der Waals surface area contributed by atoms with Crippen LogP contribution < -0.4 is 0 Å². The SMILES string of the molecule is CCOC(=O)CCN(C)C(=O)CN1C(=O)c2ccccc2C1=O. The van der Waals surface area contributed by atoms with Gasteiger partial charge in [-0.25, -0.2) is 0 Å². The molecule has 2 rings (SSSR count). The standard InChI is InChI=1S/C16H18N2O5/c1-3-23-14(20)8-9-17(2)13(19)10-18-15(21)11-6-4-5-7-12(11)16(18)22/h4-7H,3,8-10H2,1-2H3. The van der Waals surface area contributed by atoms with Crippen LogP contribution in [0.5, 0.6) is 0 Å². The number of imide groups is 1. The maximum Gasteiger partial charge on any atom is 0.307 e. The predicted octanol–water partition coefficient (Wildman–Crippen LogP) is 0.694. The monoisotopic (exact) mass is 318 g/mol. The average molecular weight is 318 g/mol. The van der Waals surface area contributed by atoms with Gasteiger partial charge in [0.2, 0.25) is 5.91 Å². The van der Waals surface area contributed by atoms with E-state index >= 15 is 0 Å². The molecule has 1 aliphatic rings. The molecule has 7 heteroatoms. The number of amides is 3. The number of benzene rings is 1.